The van der Waals surface area contributed by atoms with Gasteiger partial charge >= 0.3 is 0 Å². The minimum Gasteiger partial charge on any atom is -0.384 e. The Kier molecular flexibility index (Phi) is 7.71. The van der Waals surface area contributed by atoms with Gasteiger partial charge in [0.15, 0.2) is 0 Å². The topological polar surface area (TPSA) is 71.6 Å². The molecule has 0 radical (unpaired) electrons. The lowest BCUT2D eigenvalue weighted by atomic mass is 10.1. The van der Waals surface area contributed by atoms with E-state index in [0.717, 1.165) is 5.69 Å². The molecule has 0 aromatic heterocycles. The monoisotopic (exact) mass is 297 g/mol. The van der Waals surface area contributed by atoms with Crippen molar-refractivity contribution >= 4 is 11.5 Å². The van der Waals surface area contributed by atoms with Crippen molar-refractivity contribution in [2.75, 3.05) is 44.4 Å². The minimum atomic E-state index is -0.404. The van der Waals surface area contributed by atoms with Crippen LogP contribution in [0.25, 0.3) is 0 Å². The van der Waals surface area contributed by atoms with Crippen LogP contribution in [0.4, 0.5) is 10.1 Å². The molecule has 1 rings (SSSR count). The summed E-state index contributed by atoms with van der Waals surface area (Å²) in [4.78, 5) is 2.00. The summed E-state index contributed by atoms with van der Waals surface area (Å²) in [5, 5.41) is 7.61. The average Bonchev–Trinajstić information content (AvgIpc) is 2.46. The Morgan fingerprint density at radius 3 is 2.24 bits per heavy atom. The van der Waals surface area contributed by atoms with E-state index >= 15 is 0 Å². The number of benzene rings is 1. The van der Waals surface area contributed by atoms with E-state index < -0.39 is 5.82 Å². The number of hydrogen-bond acceptors (Lipinski definition) is 4. The molecule has 0 bridgehead atoms. The Bertz CT molecular complexity index is 445. The number of nitrogens with zero attached hydrogens (tertiary/aromatic N) is 1. The highest BCUT2D eigenvalue weighted by Gasteiger charge is 2.14. The van der Waals surface area contributed by atoms with E-state index in [1.165, 1.54) is 12.1 Å². The predicted molar refractivity (Wildman–Crippen MR) is 82.6 cm³/mol. The molecule has 6 heteroatoms. The second-order valence-electron chi connectivity index (χ2n) is 4.46. The van der Waals surface area contributed by atoms with Crippen LogP contribution < -0.4 is 10.6 Å². The molecule has 0 saturated carbocycles. The molecule has 0 saturated heterocycles. The quantitative estimate of drug-likeness (QED) is 0.393. The van der Waals surface area contributed by atoms with Crippen molar-refractivity contribution in [1.82, 2.24) is 0 Å². The lowest BCUT2D eigenvalue weighted by molar-refractivity contribution is 0.141. The number of ether oxygens (including phenoxy) is 2. The van der Waals surface area contributed by atoms with E-state index in [1.54, 1.807) is 6.07 Å². The molecule has 1 aromatic rings. The number of nitrogens with two attached hydrogens (primary N) is 1. The highest BCUT2D eigenvalue weighted by atomic mass is 19.1. The van der Waals surface area contributed by atoms with Gasteiger partial charge in [-0.3, -0.25) is 5.41 Å². The SMILES string of the molecule is CCOCCN(CCOCC)c1ccc(F)cc1C(=N)N. The molecule has 0 aliphatic carbocycles. The minimum absolute atomic E-state index is 0.151. The molecule has 3 N–H and O–H groups in total. The number of halogens is 1. The van der Waals surface area contributed by atoms with Gasteiger partial charge in [-0.15, -0.1) is 0 Å². The molecule has 0 unspecified atom stereocenters. The van der Waals surface area contributed by atoms with Crippen molar-refractivity contribution in [3.63, 3.8) is 0 Å². The number of hydrogen-bond donors (Lipinski definition) is 2. The van der Waals surface area contributed by atoms with Gasteiger partial charge in [-0.1, -0.05) is 0 Å². The molecule has 0 amide bonds. The van der Waals surface area contributed by atoms with E-state index in [0.29, 0.717) is 45.1 Å². The smallest absolute Gasteiger partial charge is 0.125 e. The van der Waals surface area contributed by atoms with Crippen LogP contribution in [0.2, 0.25) is 0 Å². The zero-order valence-corrected chi connectivity index (χ0v) is 12.7. The number of amidine groups is 1. The zero-order valence-electron chi connectivity index (χ0n) is 12.7. The van der Waals surface area contributed by atoms with Crippen molar-refractivity contribution in [3.05, 3.63) is 29.6 Å². The Morgan fingerprint density at radius 1 is 1.19 bits per heavy atom. The summed E-state index contributed by atoms with van der Waals surface area (Å²) in [6.45, 7) is 7.52. The van der Waals surface area contributed by atoms with E-state index in [9.17, 15) is 4.39 Å². The van der Waals surface area contributed by atoms with Crippen molar-refractivity contribution in [2.24, 2.45) is 5.73 Å². The molecule has 0 aliphatic heterocycles. The normalized spacial score (nSPS) is 10.6. The van der Waals surface area contributed by atoms with Gasteiger partial charge in [0.2, 0.25) is 0 Å². The fourth-order valence-corrected chi connectivity index (χ4v) is 1.99. The lowest BCUT2D eigenvalue weighted by Crippen LogP contribution is -2.33. The van der Waals surface area contributed by atoms with E-state index in [2.05, 4.69) is 0 Å². The molecule has 1 aromatic carbocycles. The lowest BCUT2D eigenvalue weighted by Gasteiger charge is -2.26. The predicted octanol–water partition coefficient (Wildman–Crippen LogP) is 1.99. The molecular formula is C15H24FN3O2. The van der Waals surface area contributed by atoms with Gasteiger partial charge in [0.05, 0.1) is 13.2 Å². The Morgan fingerprint density at radius 2 is 1.76 bits per heavy atom. The second kappa shape index (κ2) is 9.31. The van der Waals surface area contributed by atoms with E-state index in [-0.39, 0.29) is 5.84 Å². The first-order valence-corrected chi connectivity index (χ1v) is 7.14. The van der Waals surface area contributed by atoms with Gasteiger partial charge < -0.3 is 20.1 Å². The standard InChI is InChI=1S/C15H24FN3O2/c1-3-20-9-7-19(8-10-21-4-2)14-6-5-12(16)11-13(14)15(17)18/h5-6,11H,3-4,7-10H2,1-2H3,(H3,17,18). The van der Waals surface area contributed by atoms with Crippen LogP contribution in [0.1, 0.15) is 19.4 Å². The maximum absolute atomic E-state index is 13.4. The van der Waals surface area contributed by atoms with Crippen LogP contribution in [-0.4, -0.2) is 45.4 Å². The highest BCUT2D eigenvalue weighted by molar-refractivity contribution is 6.00. The molecule has 0 aliphatic rings. The highest BCUT2D eigenvalue weighted by Crippen LogP contribution is 2.21. The summed E-state index contributed by atoms with van der Waals surface area (Å²) < 4.78 is 24.1. The van der Waals surface area contributed by atoms with Crippen molar-refractivity contribution in [2.45, 2.75) is 13.8 Å². The van der Waals surface area contributed by atoms with E-state index in [1.807, 2.05) is 18.7 Å². The van der Waals surface area contributed by atoms with Gasteiger partial charge in [0, 0.05) is 37.6 Å². The Balaban J connectivity index is 2.91. The molecular weight excluding hydrogens is 273 g/mol. The third kappa shape index (κ3) is 5.69. The van der Waals surface area contributed by atoms with Gasteiger partial charge in [0.25, 0.3) is 0 Å². The van der Waals surface area contributed by atoms with Crippen molar-refractivity contribution < 1.29 is 13.9 Å². The second-order valence-corrected chi connectivity index (χ2v) is 4.46. The molecule has 0 heterocycles. The molecule has 5 nitrogen and oxygen atoms in total. The maximum atomic E-state index is 13.4. The van der Waals surface area contributed by atoms with Crippen LogP contribution in [0, 0.1) is 11.2 Å². The van der Waals surface area contributed by atoms with Crippen LogP contribution in [-0.2, 0) is 9.47 Å². The third-order valence-corrected chi connectivity index (χ3v) is 3.01. The van der Waals surface area contributed by atoms with Crippen LogP contribution in [0.15, 0.2) is 18.2 Å². The fraction of sp³-hybridized carbons (Fsp3) is 0.533. The van der Waals surface area contributed by atoms with Crippen molar-refractivity contribution in [3.8, 4) is 0 Å². The third-order valence-electron chi connectivity index (χ3n) is 3.01. The van der Waals surface area contributed by atoms with E-state index in [4.69, 9.17) is 20.6 Å². The number of anilines is 1. The van der Waals surface area contributed by atoms with Crippen LogP contribution in [0.5, 0.6) is 0 Å². The first kappa shape index (κ1) is 17.4. The maximum Gasteiger partial charge on any atom is 0.125 e. The summed E-state index contributed by atoms with van der Waals surface area (Å²) in [5.74, 6) is -0.555. The van der Waals surface area contributed by atoms with Gasteiger partial charge in [0.1, 0.15) is 11.7 Å². The number of rotatable bonds is 10. The summed E-state index contributed by atoms with van der Waals surface area (Å²) in [6.07, 6.45) is 0. The van der Waals surface area contributed by atoms with Gasteiger partial charge in [-0.2, -0.15) is 0 Å². The summed E-state index contributed by atoms with van der Waals surface area (Å²) in [5.41, 5.74) is 6.68. The summed E-state index contributed by atoms with van der Waals surface area (Å²) >= 11 is 0. The largest absolute Gasteiger partial charge is 0.384 e. The fourth-order valence-electron chi connectivity index (χ4n) is 1.99. The Labute approximate surface area is 125 Å². The van der Waals surface area contributed by atoms with Crippen LogP contribution >= 0.6 is 0 Å². The molecule has 0 spiro atoms. The summed E-state index contributed by atoms with van der Waals surface area (Å²) in [7, 11) is 0. The van der Waals surface area contributed by atoms with Crippen molar-refractivity contribution in [1.29, 1.82) is 5.41 Å². The zero-order chi connectivity index (χ0) is 15.7. The summed E-state index contributed by atoms with van der Waals surface area (Å²) in [6, 6.07) is 4.30. The molecule has 0 fully saturated rings. The molecule has 21 heavy (non-hydrogen) atoms. The van der Waals surface area contributed by atoms with Crippen LogP contribution in [0.3, 0.4) is 0 Å². The average molecular weight is 297 g/mol. The Hall–Kier alpha value is -1.66. The van der Waals surface area contributed by atoms with Gasteiger partial charge in [-0.05, 0) is 32.0 Å². The number of nitrogens with one attached hydrogen (secondary N) is 1. The number of nitrogen functional groups attached to an aromatic ring is 1. The molecule has 118 valence electrons. The first-order chi connectivity index (χ1) is 10.1. The first-order valence-electron chi connectivity index (χ1n) is 7.14. The molecule has 0 atom stereocenters. The van der Waals surface area contributed by atoms with Gasteiger partial charge in [-0.25, -0.2) is 4.39 Å².